The van der Waals surface area contributed by atoms with Crippen LogP contribution in [-0.4, -0.2) is 37.2 Å². The van der Waals surface area contributed by atoms with Crippen LogP contribution in [0.15, 0.2) is 36.0 Å². The molecule has 0 aromatic rings. The van der Waals surface area contributed by atoms with E-state index >= 15 is 0 Å². The summed E-state index contributed by atoms with van der Waals surface area (Å²) in [7, 11) is 2.17. The standard InChI is InChI=1S/C14H21NO/c1-4-6-12-11-16-14(13(12)5-2)7-9-15(3)10-8-14/h4-6H,2,7-11H2,1,3H3/b6-4-. The van der Waals surface area contributed by atoms with Gasteiger partial charge in [0, 0.05) is 13.1 Å². The number of piperidine rings is 1. The van der Waals surface area contributed by atoms with Crippen LogP contribution in [0.2, 0.25) is 0 Å². The minimum absolute atomic E-state index is 0.0386. The molecule has 0 aromatic heterocycles. The molecular formula is C14H21NO. The molecule has 16 heavy (non-hydrogen) atoms. The third-order valence-corrected chi connectivity index (χ3v) is 3.71. The highest BCUT2D eigenvalue weighted by Gasteiger charge is 2.41. The Morgan fingerprint density at radius 3 is 2.62 bits per heavy atom. The number of hydrogen-bond donors (Lipinski definition) is 0. The van der Waals surface area contributed by atoms with Crippen LogP contribution in [0.25, 0.3) is 0 Å². The predicted octanol–water partition coefficient (Wildman–Crippen LogP) is 2.54. The van der Waals surface area contributed by atoms with Crippen molar-refractivity contribution in [2.24, 2.45) is 0 Å². The minimum Gasteiger partial charge on any atom is -0.365 e. The average molecular weight is 219 g/mol. The van der Waals surface area contributed by atoms with Gasteiger partial charge >= 0.3 is 0 Å². The number of likely N-dealkylation sites (tertiary alicyclic amines) is 1. The average Bonchev–Trinajstić information content (AvgIpc) is 2.62. The molecule has 2 nitrogen and oxygen atoms in total. The Bertz CT molecular complexity index is 333. The van der Waals surface area contributed by atoms with E-state index in [-0.39, 0.29) is 5.60 Å². The predicted molar refractivity (Wildman–Crippen MR) is 67.5 cm³/mol. The first-order chi connectivity index (χ1) is 7.72. The van der Waals surface area contributed by atoms with Crippen LogP contribution < -0.4 is 0 Å². The lowest BCUT2D eigenvalue weighted by Gasteiger charge is -2.38. The van der Waals surface area contributed by atoms with Crippen LogP contribution in [0.1, 0.15) is 19.8 Å². The Labute approximate surface area is 98.3 Å². The molecule has 0 N–H and O–H groups in total. The molecule has 2 heterocycles. The van der Waals surface area contributed by atoms with Crippen molar-refractivity contribution in [3.63, 3.8) is 0 Å². The molecule has 0 aromatic carbocycles. The molecule has 0 bridgehead atoms. The molecule has 2 rings (SSSR count). The molecule has 2 heteroatoms. The SMILES string of the molecule is C=CC1=C(/C=C\C)COC12CCN(C)CC2. The monoisotopic (exact) mass is 219 g/mol. The van der Waals surface area contributed by atoms with Gasteiger partial charge in [-0.3, -0.25) is 0 Å². The maximum absolute atomic E-state index is 6.08. The summed E-state index contributed by atoms with van der Waals surface area (Å²) >= 11 is 0. The van der Waals surface area contributed by atoms with Crippen LogP contribution in [0.5, 0.6) is 0 Å². The van der Waals surface area contributed by atoms with E-state index in [1.54, 1.807) is 0 Å². The van der Waals surface area contributed by atoms with Gasteiger partial charge in [0.1, 0.15) is 0 Å². The molecule has 1 saturated heterocycles. The third-order valence-electron chi connectivity index (χ3n) is 3.71. The van der Waals surface area contributed by atoms with E-state index in [0.717, 1.165) is 32.5 Å². The number of hydrogen-bond acceptors (Lipinski definition) is 2. The highest BCUT2D eigenvalue weighted by molar-refractivity contribution is 5.43. The minimum atomic E-state index is -0.0386. The van der Waals surface area contributed by atoms with E-state index in [9.17, 15) is 0 Å². The summed E-state index contributed by atoms with van der Waals surface area (Å²) in [5.41, 5.74) is 2.59. The zero-order valence-corrected chi connectivity index (χ0v) is 10.3. The van der Waals surface area contributed by atoms with Crippen LogP contribution in [-0.2, 0) is 4.74 Å². The van der Waals surface area contributed by atoms with E-state index in [1.165, 1.54) is 11.1 Å². The van der Waals surface area contributed by atoms with Gasteiger partial charge < -0.3 is 9.64 Å². The first-order valence-electron chi connectivity index (χ1n) is 6.03. The van der Waals surface area contributed by atoms with Gasteiger partial charge in [0.25, 0.3) is 0 Å². The van der Waals surface area contributed by atoms with Gasteiger partial charge in [-0.2, -0.15) is 0 Å². The first kappa shape index (κ1) is 11.6. The molecule has 2 aliphatic rings. The van der Waals surface area contributed by atoms with E-state index < -0.39 is 0 Å². The Kier molecular flexibility index (Phi) is 3.31. The van der Waals surface area contributed by atoms with Crippen molar-refractivity contribution in [3.05, 3.63) is 36.0 Å². The van der Waals surface area contributed by atoms with Crippen molar-refractivity contribution in [1.82, 2.24) is 4.90 Å². The summed E-state index contributed by atoms with van der Waals surface area (Å²) in [5, 5.41) is 0. The van der Waals surface area contributed by atoms with Gasteiger partial charge in [0.05, 0.1) is 12.2 Å². The zero-order valence-electron chi connectivity index (χ0n) is 10.3. The Hall–Kier alpha value is -0.860. The molecule has 0 amide bonds. The second-order valence-corrected chi connectivity index (χ2v) is 4.73. The van der Waals surface area contributed by atoms with E-state index in [4.69, 9.17) is 4.74 Å². The summed E-state index contributed by atoms with van der Waals surface area (Å²) in [6.07, 6.45) is 8.41. The maximum atomic E-state index is 6.08. The lowest BCUT2D eigenvalue weighted by atomic mass is 9.83. The fourth-order valence-corrected chi connectivity index (χ4v) is 2.71. The lowest BCUT2D eigenvalue weighted by molar-refractivity contribution is -0.0241. The van der Waals surface area contributed by atoms with Crippen LogP contribution in [0.4, 0.5) is 0 Å². The zero-order chi connectivity index (χ0) is 11.6. The van der Waals surface area contributed by atoms with Gasteiger partial charge in [-0.05, 0) is 38.0 Å². The molecule has 0 atom stereocenters. The molecular weight excluding hydrogens is 198 g/mol. The van der Waals surface area contributed by atoms with Gasteiger partial charge in [-0.1, -0.05) is 24.8 Å². The van der Waals surface area contributed by atoms with Crippen LogP contribution >= 0.6 is 0 Å². The molecule has 0 radical (unpaired) electrons. The van der Waals surface area contributed by atoms with E-state index in [1.807, 2.05) is 13.0 Å². The summed E-state index contributed by atoms with van der Waals surface area (Å²) in [5.74, 6) is 0. The van der Waals surface area contributed by atoms with Gasteiger partial charge in [-0.15, -0.1) is 0 Å². The number of allylic oxidation sites excluding steroid dienone is 1. The van der Waals surface area contributed by atoms with Crippen molar-refractivity contribution < 1.29 is 4.74 Å². The Morgan fingerprint density at radius 2 is 2.06 bits per heavy atom. The van der Waals surface area contributed by atoms with Crippen molar-refractivity contribution >= 4 is 0 Å². The number of rotatable bonds is 2. The van der Waals surface area contributed by atoms with Crippen molar-refractivity contribution in [3.8, 4) is 0 Å². The normalized spacial score (nSPS) is 25.9. The molecule has 1 fully saturated rings. The highest BCUT2D eigenvalue weighted by atomic mass is 16.5. The quantitative estimate of drug-likeness (QED) is 0.707. The highest BCUT2D eigenvalue weighted by Crippen LogP contribution is 2.40. The van der Waals surface area contributed by atoms with Gasteiger partial charge in [0.15, 0.2) is 0 Å². The maximum Gasteiger partial charge on any atom is 0.0963 e. The topological polar surface area (TPSA) is 12.5 Å². The largest absolute Gasteiger partial charge is 0.365 e. The van der Waals surface area contributed by atoms with Crippen molar-refractivity contribution in [2.45, 2.75) is 25.4 Å². The number of nitrogens with zero attached hydrogens (tertiary/aromatic N) is 1. The summed E-state index contributed by atoms with van der Waals surface area (Å²) in [6, 6.07) is 0. The molecule has 0 saturated carbocycles. The Morgan fingerprint density at radius 1 is 1.38 bits per heavy atom. The van der Waals surface area contributed by atoms with Gasteiger partial charge in [0.2, 0.25) is 0 Å². The van der Waals surface area contributed by atoms with E-state index in [0.29, 0.717) is 0 Å². The Balaban J connectivity index is 2.26. The second kappa shape index (κ2) is 4.56. The third kappa shape index (κ3) is 1.87. The fourth-order valence-electron chi connectivity index (χ4n) is 2.71. The van der Waals surface area contributed by atoms with Gasteiger partial charge in [-0.25, -0.2) is 0 Å². The molecule has 0 unspecified atom stereocenters. The lowest BCUT2D eigenvalue weighted by Crippen LogP contribution is -2.43. The summed E-state index contributed by atoms with van der Waals surface area (Å²) < 4.78 is 6.08. The van der Waals surface area contributed by atoms with Crippen molar-refractivity contribution in [1.29, 1.82) is 0 Å². The van der Waals surface area contributed by atoms with Crippen LogP contribution in [0, 0.1) is 0 Å². The smallest absolute Gasteiger partial charge is 0.0963 e. The fraction of sp³-hybridized carbons (Fsp3) is 0.571. The molecule has 0 aliphatic carbocycles. The van der Waals surface area contributed by atoms with Crippen molar-refractivity contribution in [2.75, 3.05) is 26.7 Å². The van der Waals surface area contributed by atoms with Crippen LogP contribution in [0.3, 0.4) is 0 Å². The summed E-state index contributed by atoms with van der Waals surface area (Å²) in [4.78, 5) is 2.36. The first-order valence-corrected chi connectivity index (χ1v) is 6.03. The number of ether oxygens (including phenoxy) is 1. The van der Waals surface area contributed by atoms with E-state index in [2.05, 4.69) is 30.7 Å². The second-order valence-electron chi connectivity index (χ2n) is 4.73. The molecule has 2 aliphatic heterocycles. The molecule has 1 spiro atoms. The summed E-state index contributed by atoms with van der Waals surface area (Å²) in [6.45, 7) is 8.98. The molecule has 88 valence electrons.